The van der Waals surface area contributed by atoms with Crippen molar-refractivity contribution in [2.24, 2.45) is 0 Å². The topological polar surface area (TPSA) is 49.2 Å². The molecule has 6 aromatic carbocycles. The molecule has 0 atom stereocenters. The Bertz CT molecular complexity index is 3450. The van der Waals surface area contributed by atoms with E-state index in [-0.39, 0.29) is 5.69 Å². The second kappa shape index (κ2) is 13.9. The van der Waals surface area contributed by atoms with Crippen molar-refractivity contribution in [2.75, 3.05) is 0 Å². The standard InChI is InChI=1S/C52H41N5O/c1-5-16-36(17-6-2)54-45-24-12-9-21-39(45)42-31-34(27-29-48(42)54)35-28-30-49-43(32-35)40-22-10-13-25-46(40)55(49)37-19-15-20-38(33-37)56-47-26-14-11-23-41(47)51-53-44(8-4)50(18-7-3)57(51)52(56)58/h5,7-33H,4,6H2,1-3H3/b16-5-,18-7-,36-17+. The second-order valence-electron chi connectivity index (χ2n) is 14.6. The van der Waals surface area contributed by atoms with Gasteiger partial charge in [-0.05, 0) is 116 Å². The van der Waals surface area contributed by atoms with Gasteiger partial charge in [-0.15, -0.1) is 0 Å². The van der Waals surface area contributed by atoms with Crippen molar-refractivity contribution in [3.63, 3.8) is 0 Å². The quantitative estimate of drug-likeness (QED) is 0.145. The molecule has 280 valence electrons. The van der Waals surface area contributed by atoms with Crippen molar-refractivity contribution >= 4 is 78.0 Å². The normalized spacial score (nSPS) is 12.6. The van der Waals surface area contributed by atoms with Gasteiger partial charge in [-0.3, -0.25) is 4.57 Å². The van der Waals surface area contributed by atoms with Crippen molar-refractivity contribution in [1.29, 1.82) is 0 Å². The number of nitrogens with zero attached hydrogens (tertiary/aromatic N) is 5. The van der Waals surface area contributed by atoms with Crippen LogP contribution in [-0.4, -0.2) is 23.1 Å². The Morgan fingerprint density at radius 2 is 1.19 bits per heavy atom. The van der Waals surface area contributed by atoms with Crippen molar-refractivity contribution in [2.45, 2.75) is 27.2 Å². The molecular formula is C52H41N5O. The maximum atomic E-state index is 14.6. The lowest BCUT2D eigenvalue weighted by Gasteiger charge is -2.15. The van der Waals surface area contributed by atoms with Gasteiger partial charge in [-0.2, -0.15) is 0 Å². The molecule has 6 heteroatoms. The number of para-hydroxylation sites is 3. The average molecular weight is 752 g/mol. The van der Waals surface area contributed by atoms with E-state index in [1.54, 1.807) is 15.0 Å². The van der Waals surface area contributed by atoms with Crippen LogP contribution in [0.3, 0.4) is 0 Å². The van der Waals surface area contributed by atoms with E-state index in [2.05, 4.69) is 145 Å². The number of allylic oxidation sites excluding steroid dienone is 5. The van der Waals surface area contributed by atoms with Crippen molar-refractivity contribution in [1.82, 2.24) is 23.1 Å². The first-order chi connectivity index (χ1) is 28.5. The number of hydrogen-bond acceptors (Lipinski definition) is 2. The first-order valence-electron chi connectivity index (χ1n) is 19.9. The smallest absolute Gasteiger partial charge is 0.310 e. The number of fused-ring (bicyclic) bond motifs is 9. The monoisotopic (exact) mass is 751 g/mol. The molecular weight excluding hydrogens is 711 g/mol. The van der Waals surface area contributed by atoms with Gasteiger partial charge in [0.1, 0.15) is 0 Å². The lowest BCUT2D eigenvalue weighted by Crippen LogP contribution is -2.26. The van der Waals surface area contributed by atoms with Crippen LogP contribution in [-0.2, 0) is 0 Å². The first kappa shape index (κ1) is 35.0. The van der Waals surface area contributed by atoms with Crippen LogP contribution in [0.4, 0.5) is 0 Å². The number of rotatable bonds is 8. The molecule has 6 nitrogen and oxygen atoms in total. The molecule has 4 heterocycles. The zero-order valence-corrected chi connectivity index (χ0v) is 32.7. The summed E-state index contributed by atoms with van der Waals surface area (Å²) in [7, 11) is 0. The maximum absolute atomic E-state index is 14.6. The summed E-state index contributed by atoms with van der Waals surface area (Å²) < 4.78 is 8.19. The Morgan fingerprint density at radius 1 is 0.621 bits per heavy atom. The molecule has 0 saturated heterocycles. The van der Waals surface area contributed by atoms with E-state index in [1.165, 1.54) is 38.5 Å². The highest BCUT2D eigenvalue weighted by Crippen LogP contribution is 2.39. The maximum Gasteiger partial charge on any atom is 0.339 e. The van der Waals surface area contributed by atoms with E-state index in [4.69, 9.17) is 4.98 Å². The SMILES string of the molecule is C=Cc1nc2c3ccccc3n(-c3cccc(-n4c5ccccc5c5cc(-c6ccc7c(c6)c6ccccc6n7C(/C=C\C)=C/CC)ccc54)c3)c(=O)n2c1/C=C\C. The molecule has 0 spiro atoms. The van der Waals surface area contributed by atoms with E-state index in [0.29, 0.717) is 17.0 Å². The van der Waals surface area contributed by atoms with Crippen molar-refractivity contribution in [3.8, 4) is 22.5 Å². The van der Waals surface area contributed by atoms with Crippen LogP contribution in [0.2, 0.25) is 0 Å². The fourth-order valence-corrected chi connectivity index (χ4v) is 8.85. The molecule has 0 amide bonds. The third-order valence-corrected chi connectivity index (χ3v) is 11.3. The van der Waals surface area contributed by atoms with Crippen LogP contribution in [0.15, 0.2) is 169 Å². The minimum Gasteiger partial charge on any atom is -0.310 e. The van der Waals surface area contributed by atoms with Crippen LogP contribution in [0.1, 0.15) is 38.6 Å². The molecule has 4 aromatic heterocycles. The lowest BCUT2D eigenvalue weighted by atomic mass is 10.0. The van der Waals surface area contributed by atoms with Gasteiger partial charge in [0, 0.05) is 38.3 Å². The number of benzene rings is 6. The second-order valence-corrected chi connectivity index (χ2v) is 14.6. The molecule has 0 fully saturated rings. The molecule has 10 aromatic rings. The number of hydrogen-bond donors (Lipinski definition) is 0. The van der Waals surface area contributed by atoms with Crippen LogP contribution in [0.5, 0.6) is 0 Å². The minimum absolute atomic E-state index is 0.189. The van der Waals surface area contributed by atoms with Crippen molar-refractivity contribution < 1.29 is 0 Å². The van der Waals surface area contributed by atoms with E-state index < -0.39 is 0 Å². The Labute approximate surface area is 335 Å². The van der Waals surface area contributed by atoms with Crippen LogP contribution in [0, 0.1) is 0 Å². The van der Waals surface area contributed by atoms with Gasteiger partial charge in [0.25, 0.3) is 0 Å². The Kier molecular flexibility index (Phi) is 8.41. The van der Waals surface area contributed by atoms with Crippen LogP contribution < -0.4 is 5.69 Å². The zero-order valence-electron chi connectivity index (χ0n) is 32.7. The fraction of sp³-hybridized carbons (Fsp3) is 0.0769. The van der Waals surface area contributed by atoms with Gasteiger partial charge in [-0.1, -0.05) is 98.5 Å². The predicted molar refractivity (Wildman–Crippen MR) is 245 cm³/mol. The highest BCUT2D eigenvalue weighted by Gasteiger charge is 2.20. The van der Waals surface area contributed by atoms with Gasteiger partial charge < -0.3 is 9.13 Å². The molecule has 10 rings (SSSR count). The molecule has 0 aliphatic rings. The van der Waals surface area contributed by atoms with Crippen LogP contribution >= 0.6 is 0 Å². The van der Waals surface area contributed by atoms with Gasteiger partial charge >= 0.3 is 5.69 Å². The number of imidazole rings is 1. The van der Waals surface area contributed by atoms with Crippen molar-refractivity contribution in [3.05, 3.63) is 186 Å². The molecule has 0 saturated carbocycles. The summed E-state index contributed by atoms with van der Waals surface area (Å²) in [5, 5.41) is 5.68. The van der Waals surface area contributed by atoms with Gasteiger partial charge in [-0.25, -0.2) is 14.2 Å². The van der Waals surface area contributed by atoms with E-state index >= 15 is 0 Å². The Hall–Kier alpha value is -7.44. The lowest BCUT2D eigenvalue weighted by molar-refractivity contribution is 0.910. The molecule has 0 unspecified atom stereocenters. The zero-order chi connectivity index (χ0) is 39.5. The minimum atomic E-state index is -0.189. The molecule has 0 N–H and O–H groups in total. The van der Waals surface area contributed by atoms with E-state index in [0.717, 1.165) is 50.7 Å². The summed E-state index contributed by atoms with van der Waals surface area (Å²) in [4.78, 5) is 19.5. The molecule has 0 radical (unpaired) electrons. The Morgan fingerprint density at radius 3 is 1.86 bits per heavy atom. The Balaban J connectivity index is 1.15. The third kappa shape index (κ3) is 5.26. The third-order valence-electron chi connectivity index (χ3n) is 11.3. The molecule has 0 aliphatic carbocycles. The summed E-state index contributed by atoms with van der Waals surface area (Å²) in [6, 6.07) is 47.1. The largest absolute Gasteiger partial charge is 0.339 e. The van der Waals surface area contributed by atoms with Gasteiger partial charge in [0.15, 0.2) is 5.65 Å². The van der Waals surface area contributed by atoms with Gasteiger partial charge in [0.2, 0.25) is 0 Å². The summed E-state index contributed by atoms with van der Waals surface area (Å²) in [6.07, 6.45) is 13.1. The summed E-state index contributed by atoms with van der Waals surface area (Å²) in [5.74, 6) is 0. The predicted octanol–water partition coefficient (Wildman–Crippen LogP) is 13.0. The summed E-state index contributed by atoms with van der Waals surface area (Å²) >= 11 is 0. The van der Waals surface area contributed by atoms with Crippen LogP contribution in [0.25, 0.3) is 101 Å². The average Bonchev–Trinajstić information content (AvgIpc) is 3.91. The fourth-order valence-electron chi connectivity index (χ4n) is 8.85. The highest BCUT2D eigenvalue weighted by molar-refractivity contribution is 6.13. The first-order valence-corrected chi connectivity index (χ1v) is 19.9. The summed E-state index contributed by atoms with van der Waals surface area (Å²) in [6.45, 7) is 10.2. The molecule has 58 heavy (non-hydrogen) atoms. The number of aromatic nitrogens is 5. The highest BCUT2D eigenvalue weighted by atomic mass is 16.1. The summed E-state index contributed by atoms with van der Waals surface area (Å²) in [5.41, 5.74) is 12.4. The molecule has 0 bridgehead atoms. The van der Waals surface area contributed by atoms with E-state index in [9.17, 15) is 4.79 Å². The molecule has 0 aliphatic heterocycles. The van der Waals surface area contributed by atoms with E-state index in [1.807, 2.05) is 55.5 Å². The van der Waals surface area contributed by atoms with Gasteiger partial charge in [0.05, 0.1) is 44.7 Å².